The Morgan fingerprint density at radius 2 is 0.519 bits per heavy atom. The Balaban J connectivity index is 4.37. The van der Waals surface area contributed by atoms with Crippen molar-refractivity contribution in [1.82, 2.24) is 0 Å². The van der Waals surface area contributed by atoms with Gasteiger partial charge in [-0.3, -0.25) is 14.4 Å². The Labute approximate surface area is 489 Å². The summed E-state index contributed by atoms with van der Waals surface area (Å²) in [4.78, 5) is 38.3. The molecule has 0 amide bonds. The van der Waals surface area contributed by atoms with E-state index in [1.54, 1.807) is 0 Å². The van der Waals surface area contributed by atoms with Gasteiger partial charge in [-0.2, -0.15) is 0 Å². The first kappa shape index (κ1) is 75.3. The van der Waals surface area contributed by atoms with Gasteiger partial charge in [0.2, 0.25) is 0 Å². The lowest BCUT2D eigenvalue weighted by Gasteiger charge is -2.18. The highest BCUT2D eigenvalue weighted by Gasteiger charge is 2.19. The zero-order valence-electron chi connectivity index (χ0n) is 52.1. The van der Waals surface area contributed by atoms with Gasteiger partial charge in [-0.15, -0.1) is 0 Å². The van der Waals surface area contributed by atoms with Crippen molar-refractivity contribution in [2.75, 3.05) is 13.2 Å². The molecule has 0 spiro atoms. The van der Waals surface area contributed by atoms with Crippen LogP contribution >= 0.6 is 0 Å². The van der Waals surface area contributed by atoms with Crippen LogP contribution in [0.25, 0.3) is 0 Å². The number of ether oxygens (including phenoxy) is 3. The van der Waals surface area contributed by atoms with Crippen molar-refractivity contribution >= 4 is 17.9 Å². The molecule has 0 saturated carbocycles. The number of hydrogen-bond acceptors (Lipinski definition) is 6. The molecule has 0 aliphatic heterocycles. The molecule has 0 aromatic carbocycles. The molecule has 0 saturated heterocycles. The summed E-state index contributed by atoms with van der Waals surface area (Å²) in [5, 5.41) is 0. The third kappa shape index (κ3) is 65.0. The lowest BCUT2D eigenvalue weighted by atomic mass is 10.0. The smallest absolute Gasteiger partial charge is 0.306 e. The van der Waals surface area contributed by atoms with Crippen LogP contribution in [0.1, 0.15) is 329 Å². The second-order valence-electron chi connectivity index (χ2n) is 22.4. The van der Waals surface area contributed by atoms with Gasteiger partial charge in [-0.1, -0.05) is 317 Å². The second-order valence-corrected chi connectivity index (χ2v) is 22.4. The highest BCUT2D eigenvalue weighted by molar-refractivity contribution is 5.71. The minimum Gasteiger partial charge on any atom is -0.462 e. The molecule has 79 heavy (non-hydrogen) atoms. The Morgan fingerprint density at radius 3 is 0.823 bits per heavy atom. The van der Waals surface area contributed by atoms with E-state index in [2.05, 4.69) is 112 Å². The quantitative estimate of drug-likeness (QED) is 0.0261. The number of carbonyl (C=O) groups is 3. The molecule has 0 aromatic heterocycles. The van der Waals surface area contributed by atoms with Crippen LogP contribution < -0.4 is 0 Å². The predicted octanol–water partition coefficient (Wildman–Crippen LogP) is 23.2. The van der Waals surface area contributed by atoms with Gasteiger partial charge in [0.1, 0.15) is 13.2 Å². The molecule has 0 aromatic rings. The van der Waals surface area contributed by atoms with E-state index >= 15 is 0 Å². The van der Waals surface area contributed by atoms with E-state index in [1.165, 1.54) is 199 Å². The lowest BCUT2D eigenvalue weighted by molar-refractivity contribution is -0.166. The largest absolute Gasteiger partial charge is 0.462 e. The fourth-order valence-corrected chi connectivity index (χ4v) is 9.56. The molecule has 1 atom stereocenters. The fourth-order valence-electron chi connectivity index (χ4n) is 9.56. The summed E-state index contributed by atoms with van der Waals surface area (Å²) in [5.74, 6) is -0.975. The van der Waals surface area contributed by atoms with Gasteiger partial charge in [0.15, 0.2) is 6.10 Å². The van der Waals surface area contributed by atoms with Gasteiger partial charge in [-0.25, -0.2) is 0 Å². The standard InChI is InChI=1S/C73H126O6/c1-4-7-10-13-16-19-22-25-28-30-32-33-34-35-36-37-38-39-41-42-45-48-51-54-57-60-63-66-72(75)78-69-70(68-77-71(74)65-62-59-56-53-50-47-44-27-24-21-18-15-12-9-6-3)79-73(76)67-64-61-58-55-52-49-46-43-40-31-29-26-23-20-17-14-11-8-5-2/h8,11,17,20,22,25-26,29-30,32,40,43,49,52,58,61,70H,4-7,9-10,12-16,18-19,21,23-24,27-28,31,33-39,41-42,44-48,50-51,53-57,59-60,62-69H2,1-3H3/b11-8-,20-17-,25-22-,29-26-,32-30-,43-40-,52-49-,61-58-. The van der Waals surface area contributed by atoms with Gasteiger partial charge < -0.3 is 14.2 Å². The third-order valence-corrected chi connectivity index (χ3v) is 14.6. The van der Waals surface area contributed by atoms with Gasteiger partial charge in [0, 0.05) is 19.3 Å². The first-order valence-corrected chi connectivity index (χ1v) is 33.7. The van der Waals surface area contributed by atoms with Gasteiger partial charge in [-0.05, 0) is 89.9 Å². The highest BCUT2D eigenvalue weighted by Crippen LogP contribution is 2.17. The minimum absolute atomic E-state index is 0.104. The van der Waals surface area contributed by atoms with Crippen molar-refractivity contribution in [3.8, 4) is 0 Å². The monoisotopic (exact) mass is 1100 g/mol. The van der Waals surface area contributed by atoms with Crippen LogP contribution in [0.5, 0.6) is 0 Å². The number of carbonyl (C=O) groups excluding carboxylic acids is 3. The van der Waals surface area contributed by atoms with Crippen molar-refractivity contribution in [2.24, 2.45) is 0 Å². The van der Waals surface area contributed by atoms with Crippen LogP contribution in [-0.2, 0) is 28.6 Å². The van der Waals surface area contributed by atoms with Crippen LogP contribution in [0.2, 0.25) is 0 Å². The van der Waals surface area contributed by atoms with E-state index in [0.29, 0.717) is 19.3 Å². The van der Waals surface area contributed by atoms with Crippen molar-refractivity contribution in [2.45, 2.75) is 335 Å². The zero-order chi connectivity index (χ0) is 57.1. The van der Waals surface area contributed by atoms with E-state index in [0.717, 1.165) is 83.5 Å². The van der Waals surface area contributed by atoms with E-state index < -0.39 is 6.10 Å². The minimum atomic E-state index is -0.818. The molecule has 0 rings (SSSR count). The fraction of sp³-hybridized carbons (Fsp3) is 0.740. The molecule has 0 N–H and O–H groups in total. The number of rotatable bonds is 61. The van der Waals surface area contributed by atoms with Gasteiger partial charge >= 0.3 is 17.9 Å². The summed E-state index contributed by atoms with van der Waals surface area (Å²) < 4.78 is 16.9. The van der Waals surface area contributed by atoms with Gasteiger partial charge in [0.25, 0.3) is 0 Å². The summed E-state index contributed by atoms with van der Waals surface area (Å²) in [6.45, 7) is 6.49. The average molecular weight is 1100 g/mol. The maximum absolute atomic E-state index is 12.9. The number of hydrogen-bond donors (Lipinski definition) is 0. The molecule has 0 aliphatic carbocycles. The molecular weight excluding hydrogens is 973 g/mol. The summed E-state index contributed by atoms with van der Waals surface area (Å²) >= 11 is 0. The van der Waals surface area contributed by atoms with Crippen LogP contribution in [-0.4, -0.2) is 37.2 Å². The summed E-state index contributed by atoms with van der Waals surface area (Å²) in [5.41, 5.74) is 0. The Bertz CT molecular complexity index is 1540. The van der Waals surface area contributed by atoms with Crippen molar-refractivity contribution in [1.29, 1.82) is 0 Å². The number of unbranched alkanes of at least 4 members (excludes halogenated alkanes) is 34. The first-order chi connectivity index (χ1) is 39.0. The normalized spacial score (nSPS) is 12.7. The molecular formula is C73H126O6. The number of allylic oxidation sites excluding steroid dienone is 16. The Morgan fingerprint density at radius 1 is 0.266 bits per heavy atom. The topological polar surface area (TPSA) is 78.9 Å². The third-order valence-electron chi connectivity index (χ3n) is 14.6. The maximum Gasteiger partial charge on any atom is 0.306 e. The zero-order valence-corrected chi connectivity index (χ0v) is 52.1. The molecule has 1 unspecified atom stereocenters. The van der Waals surface area contributed by atoms with Crippen LogP contribution in [0.3, 0.4) is 0 Å². The summed E-state index contributed by atoms with van der Waals surface area (Å²) in [7, 11) is 0. The molecule has 0 heterocycles. The van der Waals surface area contributed by atoms with Gasteiger partial charge in [0.05, 0.1) is 0 Å². The predicted molar refractivity (Wildman–Crippen MR) is 344 cm³/mol. The second kappa shape index (κ2) is 66.8. The molecule has 0 radical (unpaired) electrons. The van der Waals surface area contributed by atoms with Crippen molar-refractivity contribution in [3.05, 3.63) is 97.2 Å². The Kier molecular flexibility index (Phi) is 63.7. The molecule has 0 aliphatic rings. The van der Waals surface area contributed by atoms with E-state index in [9.17, 15) is 14.4 Å². The summed E-state index contributed by atoms with van der Waals surface area (Å²) in [6.07, 6.45) is 90.1. The Hall–Kier alpha value is -3.67. The maximum atomic E-state index is 12.9. The van der Waals surface area contributed by atoms with Crippen LogP contribution in [0, 0.1) is 0 Å². The SMILES string of the molecule is CC/C=C\C/C=C\C/C=C\C/C=C\C/C=C\C/C=C\CCC(=O)OC(COC(=O)CCCCCCCCCCCCCCCCC)COC(=O)CCCCCCCCCCCCCCCCC/C=C\C/C=C\CCCCCCC. The van der Waals surface area contributed by atoms with E-state index in [-0.39, 0.29) is 37.5 Å². The van der Waals surface area contributed by atoms with E-state index in [1.807, 2.05) is 6.08 Å². The molecule has 6 nitrogen and oxygen atoms in total. The highest BCUT2D eigenvalue weighted by atomic mass is 16.6. The van der Waals surface area contributed by atoms with E-state index in [4.69, 9.17) is 14.2 Å². The number of esters is 3. The molecule has 6 heteroatoms. The summed E-state index contributed by atoms with van der Waals surface area (Å²) in [6, 6.07) is 0. The average Bonchev–Trinajstić information content (AvgIpc) is 3.45. The lowest BCUT2D eigenvalue weighted by Crippen LogP contribution is -2.30. The first-order valence-electron chi connectivity index (χ1n) is 33.7. The molecule has 0 fully saturated rings. The molecule has 454 valence electrons. The van der Waals surface area contributed by atoms with Crippen LogP contribution in [0.4, 0.5) is 0 Å². The molecule has 0 bridgehead atoms. The van der Waals surface area contributed by atoms with Crippen LogP contribution in [0.15, 0.2) is 97.2 Å². The van der Waals surface area contributed by atoms with Crippen molar-refractivity contribution in [3.63, 3.8) is 0 Å². The van der Waals surface area contributed by atoms with Crippen molar-refractivity contribution < 1.29 is 28.6 Å².